The SMILES string of the molecule is CCc1nc2cc(NCc3ccc(Br)cc3)ccc2o1. The van der Waals surface area contributed by atoms with Crippen molar-refractivity contribution in [2.45, 2.75) is 19.9 Å². The van der Waals surface area contributed by atoms with E-state index in [2.05, 4.69) is 38.4 Å². The van der Waals surface area contributed by atoms with Crippen LogP contribution in [0.4, 0.5) is 5.69 Å². The molecule has 1 aromatic heterocycles. The van der Waals surface area contributed by atoms with Crippen LogP contribution < -0.4 is 5.32 Å². The van der Waals surface area contributed by atoms with Crippen LogP contribution in [-0.2, 0) is 13.0 Å². The second-order valence-electron chi connectivity index (χ2n) is 4.62. The number of oxazole rings is 1. The molecule has 0 fully saturated rings. The summed E-state index contributed by atoms with van der Waals surface area (Å²) in [4.78, 5) is 4.45. The van der Waals surface area contributed by atoms with Crippen molar-refractivity contribution in [2.75, 3.05) is 5.32 Å². The Hall–Kier alpha value is -1.81. The van der Waals surface area contributed by atoms with Gasteiger partial charge in [0.1, 0.15) is 5.52 Å². The van der Waals surface area contributed by atoms with Crippen molar-refractivity contribution >= 4 is 32.7 Å². The standard InChI is InChI=1S/C16H15BrN2O/c1-2-16-19-14-9-13(7-8-15(14)20-16)18-10-11-3-5-12(17)6-4-11/h3-9,18H,2,10H2,1H3. The van der Waals surface area contributed by atoms with E-state index in [1.807, 2.05) is 37.3 Å². The van der Waals surface area contributed by atoms with Crippen LogP contribution >= 0.6 is 15.9 Å². The first-order valence-electron chi connectivity index (χ1n) is 6.62. The molecule has 0 aliphatic rings. The fourth-order valence-electron chi connectivity index (χ4n) is 2.04. The van der Waals surface area contributed by atoms with E-state index in [9.17, 15) is 0 Å². The Morgan fingerprint density at radius 1 is 1.15 bits per heavy atom. The highest BCUT2D eigenvalue weighted by Gasteiger charge is 2.04. The number of anilines is 1. The third kappa shape index (κ3) is 2.85. The maximum atomic E-state index is 5.60. The van der Waals surface area contributed by atoms with Crippen molar-refractivity contribution < 1.29 is 4.42 Å². The van der Waals surface area contributed by atoms with Crippen molar-refractivity contribution in [3.8, 4) is 0 Å². The number of nitrogens with zero attached hydrogens (tertiary/aromatic N) is 1. The first kappa shape index (κ1) is 13.2. The van der Waals surface area contributed by atoms with Crippen molar-refractivity contribution in [1.29, 1.82) is 0 Å². The molecule has 1 N–H and O–H groups in total. The molecule has 0 saturated heterocycles. The number of hydrogen-bond acceptors (Lipinski definition) is 3. The van der Waals surface area contributed by atoms with Crippen LogP contribution in [0.5, 0.6) is 0 Å². The monoisotopic (exact) mass is 330 g/mol. The number of rotatable bonds is 4. The number of hydrogen-bond donors (Lipinski definition) is 1. The van der Waals surface area contributed by atoms with E-state index < -0.39 is 0 Å². The number of fused-ring (bicyclic) bond motifs is 1. The molecule has 0 spiro atoms. The summed E-state index contributed by atoms with van der Waals surface area (Å²) in [5, 5.41) is 3.40. The zero-order chi connectivity index (χ0) is 13.9. The lowest BCUT2D eigenvalue weighted by Crippen LogP contribution is -1.98. The van der Waals surface area contributed by atoms with Crippen molar-refractivity contribution in [3.63, 3.8) is 0 Å². The van der Waals surface area contributed by atoms with Crippen LogP contribution in [0.15, 0.2) is 51.4 Å². The molecule has 4 heteroatoms. The average Bonchev–Trinajstić information content (AvgIpc) is 2.89. The summed E-state index contributed by atoms with van der Waals surface area (Å²) in [5.41, 5.74) is 4.04. The van der Waals surface area contributed by atoms with Gasteiger partial charge in [0.05, 0.1) is 0 Å². The van der Waals surface area contributed by atoms with Gasteiger partial charge in [0, 0.05) is 23.1 Å². The Bertz CT molecular complexity index is 719. The molecule has 0 saturated carbocycles. The highest BCUT2D eigenvalue weighted by atomic mass is 79.9. The predicted molar refractivity (Wildman–Crippen MR) is 84.9 cm³/mol. The summed E-state index contributed by atoms with van der Waals surface area (Å²) in [7, 11) is 0. The maximum Gasteiger partial charge on any atom is 0.195 e. The van der Waals surface area contributed by atoms with Gasteiger partial charge >= 0.3 is 0 Å². The van der Waals surface area contributed by atoms with Gasteiger partial charge in [-0.05, 0) is 35.9 Å². The second-order valence-corrected chi connectivity index (χ2v) is 5.54. The summed E-state index contributed by atoms with van der Waals surface area (Å²) >= 11 is 3.44. The van der Waals surface area contributed by atoms with Crippen LogP contribution in [0, 0.1) is 0 Å². The van der Waals surface area contributed by atoms with Crippen LogP contribution in [-0.4, -0.2) is 4.98 Å². The van der Waals surface area contributed by atoms with E-state index in [0.717, 1.165) is 40.1 Å². The molecular weight excluding hydrogens is 316 g/mol. The van der Waals surface area contributed by atoms with Gasteiger partial charge in [0.2, 0.25) is 0 Å². The summed E-state index contributed by atoms with van der Waals surface area (Å²) < 4.78 is 6.70. The lowest BCUT2D eigenvalue weighted by Gasteiger charge is -2.06. The van der Waals surface area contributed by atoms with Crippen molar-refractivity contribution in [2.24, 2.45) is 0 Å². The molecule has 0 aliphatic heterocycles. The lowest BCUT2D eigenvalue weighted by molar-refractivity contribution is 0.538. The lowest BCUT2D eigenvalue weighted by atomic mass is 10.2. The first-order valence-corrected chi connectivity index (χ1v) is 7.41. The number of aryl methyl sites for hydroxylation is 1. The summed E-state index contributed by atoms with van der Waals surface area (Å²) in [6, 6.07) is 14.3. The summed E-state index contributed by atoms with van der Waals surface area (Å²) in [5.74, 6) is 0.782. The van der Waals surface area contributed by atoms with Gasteiger partial charge in [-0.25, -0.2) is 4.98 Å². The third-order valence-corrected chi connectivity index (χ3v) is 3.67. The summed E-state index contributed by atoms with van der Waals surface area (Å²) in [6.45, 7) is 2.83. The van der Waals surface area contributed by atoms with Gasteiger partial charge in [0.25, 0.3) is 0 Å². The predicted octanol–water partition coefficient (Wildman–Crippen LogP) is 4.76. The molecule has 2 aromatic carbocycles. The zero-order valence-corrected chi connectivity index (χ0v) is 12.8. The van der Waals surface area contributed by atoms with E-state index in [4.69, 9.17) is 4.42 Å². The fourth-order valence-corrected chi connectivity index (χ4v) is 2.31. The van der Waals surface area contributed by atoms with Crippen LogP contribution in [0.25, 0.3) is 11.1 Å². The largest absolute Gasteiger partial charge is 0.441 e. The van der Waals surface area contributed by atoms with Crippen molar-refractivity contribution in [3.05, 3.63) is 58.4 Å². The normalized spacial score (nSPS) is 10.9. The Morgan fingerprint density at radius 3 is 2.70 bits per heavy atom. The summed E-state index contributed by atoms with van der Waals surface area (Å²) in [6.07, 6.45) is 0.816. The van der Waals surface area contributed by atoms with Crippen LogP contribution in [0.2, 0.25) is 0 Å². The molecule has 3 nitrogen and oxygen atoms in total. The van der Waals surface area contributed by atoms with E-state index in [-0.39, 0.29) is 0 Å². The number of benzene rings is 2. The van der Waals surface area contributed by atoms with E-state index in [1.54, 1.807) is 0 Å². The van der Waals surface area contributed by atoms with E-state index >= 15 is 0 Å². The minimum Gasteiger partial charge on any atom is -0.441 e. The van der Waals surface area contributed by atoms with Crippen molar-refractivity contribution in [1.82, 2.24) is 4.98 Å². The maximum absolute atomic E-state index is 5.60. The third-order valence-electron chi connectivity index (χ3n) is 3.14. The molecule has 0 radical (unpaired) electrons. The van der Waals surface area contributed by atoms with E-state index in [1.165, 1.54) is 5.56 Å². The highest BCUT2D eigenvalue weighted by molar-refractivity contribution is 9.10. The molecule has 0 bridgehead atoms. The molecule has 0 unspecified atom stereocenters. The minimum atomic E-state index is 0.782. The second kappa shape index (κ2) is 5.67. The number of aromatic nitrogens is 1. The van der Waals surface area contributed by atoms with Gasteiger partial charge in [-0.1, -0.05) is 35.0 Å². The molecule has 20 heavy (non-hydrogen) atoms. The number of halogens is 1. The molecular formula is C16H15BrN2O. The topological polar surface area (TPSA) is 38.1 Å². The number of nitrogens with one attached hydrogen (secondary N) is 1. The van der Waals surface area contributed by atoms with Crippen LogP contribution in [0.3, 0.4) is 0 Å². The molecule has 3 rings (SSSR count). The Labute approximate surface area is 126 Å². The average molecular weight is 331 g/mol. The first-order chi connectivity index (χ1) is 9.74. The quantitative estimate of drug-likeness (QED) is 0.749. The molecule has 0 aliphatic carbocycles. The fraction of sp³-hybridized carbons (Fsp3) is 0.188. The van der Waals surface area contributed by atoms with Gasteiger partial charge in [-0.15, -0.1) is 0 Å². The Morgan fingerprint density at radius 2 is 1.95 bits per heavy atom. The minimum absolute atomic E-state index is 0.782. The molecule has 0 amide bonds. The smallest absolute Gasteiger partial charge is 0.195 e. The molecule has 1 heterocycles. The van der Waals surface area contributed by atoms with Crippen LogP contribution in [0.1, 0.15) is 18.4 Å². The molecule has 0 atom stereocenters. The van der Waals surface area contributed by atoms with E-state index in [0.29, 0.717) is 0 Å². The molecule has 102 valence electrons. The van der Waals surface area contributed by atoms with Gasteiger partial charge < -0.3 is 9.73 Å². The molecule has 3 aromatic rings. The zero-order valence-electron chi connectivity index (χ0n) is 11.2. The van der Waals surface area contributed by atoms with Gasteiger partial charge in [0.15, 0.2) is 11.5 Å². The van der Waals surface area contributed by atoms with Gasteiger partial charge in [-0.3, -0.25) is 0 Å². The Kier molecular flexibility index (Phi) is 3.74. The Balaban J connectivity index is 1.75. The highest BCUT2D eigenvalue weighted by Crippen LogP contribution is 2.21. The van der Waals surface area contributed by atoms with Gasteiger partial charge in [-0.2, -0.15) is 0 Å².